The zero-order valence-electron chi connectivity index (χ0n) is 8.65. The Morgan fingerprint density at radius 2 is 1.47 bits per heavy atom. The molecule has 0 aromatic heterocycles. The van der Waals surface area contributed by atoms with E-state index in [4.69, 9.17) is 5.11 Å². The van der Waals surface area contributed by atoms with Crippen LogP contribution in [-0.2, 0) is 14.3 Å². The molecule has 0 aliphatic rings. The van der Waals surface area contributed by atoms with Crippen molar-refractivity contribution >= 4 is 39.7 Å². The van der Waals surface area contributed by atoms with Gasteiger partial charge in [0.25, 0.3) is 0 Å². The Bertz CT molecular complexity index is 401. The van der Waals surface area contributed by atoms with E-state index >= 15 is 0 Å². The number of rotatable bonds is 2. The van der Waals surface area contributed by atoms with Crippen LogP contribution in [-0.4, -0.2) is 28.7 Å². The summed E-state index contributed by atoms with van der Waals surface area (Å²) < 4.78 is 4.46. The predicted octanol–water partition coefficient (Wildman–Crippen LogP) is 1.70. The maximum Gasteiger partial charge on any atom is 0.337 e. The Labute approximate surface area is 107 Å². The van der Waals surface area contributed by atoms with Crippen LogP contribution in [0, 0.1) is 0 Å². The Balaban J connectivity index is 0.000000366. The minimum atomic E-state index is -1.14. The van der Waals surface area contributed by atoms with Crippen LogP contribution in [0.5, 0.6) is 5.75 Å². The fourth-order valence-electron chi connectivity index (χ4n) is 0.715. The number of halogens is 2. The minimum Gasteiger partial charge on any atom is -0.508 e. The number of carbonyl (C=O) groups is 3. The van der Waals surface area contributed by atoms with Crippen LogP contribution in [0.1, 0.15) is 10.4 Å². The summed E-state index contributed by atoms with van der Waals surface area (Å²) in [6, 6.07) is 5.88. The molecule has 17 heavy (non-hydrogen) atoms. The lowest BCUT2D eigenvalue weighted by atomic mass is 10.2. The third-order valence-electron chi connectivity index (χ3n) is 1.44. The van der Waals surface area contributed by atoms with E-state index in [0.717, 1.165) is 0 Å². The molecule has 0 aliphatic carbocycles. The molecular formula is C10H8Cl2O5. The van der Waals surface area contributed by atoms with E-state index < -0.39 is 16.5 Å². The number of ether oxygens (including phenoxy) is 1. The van der Waals surface area contributed by atoms with Crippen LogP contribution >= 0.6 is 23.2 Å². The molecule has 5 nitrogen and oxygen atoms in total. The number of hydrogen-bond acceptors (Lipinski definition) is 5. The third-order valence-corrected chi connectivity index (χ3v) is 1.88. The van der Waals surface area contributed by atoms with Gasteiger partial charge in [0, 0.05) is 0 Å². The molecule has 1 rings (SSSR count). The molecule has 0 bridgehead atoms. The average Bonchev–Trinajstić information content (AvgIpc) is 2.29. The van der Waals surface area contributed by atoms with Crippen molar-refractivity contribution in [2.75, 3.05) is 7.11 Å². The first-order valence-electron chi connectivity index (χ1n) is 4.15. The average molecular weight is 279 g/mol. The normalized spacial score (nSPS) is 8.65. The smallest absolute Gasteiger partial charge is 0.337 e. The van der Waals surface area contributed by atoms with Gasteiger partial charge in [-0.1, -0.05) is 0 Å². The predicted molar refractivity (Wildman–Crippen MR) is 61.2 cm³/mol. The van der Waals surface area contributed by atoms with Gasteiger partial charge in [-0.05, 0) is 47.5 Å². The van der Waals surface area contributed by atoms with Crippen molar-refractivity contribution in [1.82, 2.24) is 0 Å². The molecule has 1 aromatic rings. The van der Waals surface area contributed by atoms with Crippen LogP contribution in [0.2, 0.25) is 0 Å². The van der Waals surface area contributed by atoms with Crippen molar-refractivity contribution in [3.8, 4) is 5.75 Å². The number of methoxy groups -OCH3 is 1. The number of phenols is 1. The van der Waals surface area contributed by atoms with E-state index in [1.807, 2.05) is 0 Å². The molecule has 0 amide bonds. The van der Waals surface area contributed by atoms with Gasteiger partial charge < -0.3 is 9.84 Å². The van der Waals surface area contributed by atoms with Gasteiger partial charge in [0.2, 0.25) is 0 Å². The fourth-order valence-corrected chi connectivity index (χ4v) is 0.715. The topological polar surface area (TPSA) is 80.7 Å². The first-order chi connectivity index (χ1) is 7.88. The number of aromatic hydroxyl groups is 1. The monoisotopic (exact) mass is 278 g/mol. The quantitative estimate of drug-likeness (QED) is 0.506. The molecular weight excluding hydrogens is 271 g/mol. The van der Waals surface area contributed by atoms with E-state index in [9.17, 15) is 14.4 Å². The molecule has 0 aliphatic heterocycles. The zero-order chi connectivity index (χ0) is 13.4. The van der Waals surface area contributed by atoms with E-state index in [1.165, 1.54) is 31.4 Å². The molecule has 0 fully saturated rings. The van der Waals surface area contributed by atoms with E-state index in [1.54, 1.807) is 0 Å². The summed E-state index contributed by atoms with van der Waals surface area (Å²) in [6.45, 7) is 0. The minimum absolute atomic E-state index is 0.137. The second-order valence-electron chi connectivity index (χ2n) is 2.59. The van der Waals surface area contributed by atoms with Crippen molar-refractivity contribution in [3.63, 3.8) is 0 Å². The maximum atomic E-state index is 10.8. The summed E-state index contributed by atoms with van der Waals surface area (Å²) in [4.78, 5) is 29.7. The highest BCUT2D eigenvalue weighted by molar-refractivity contribution is 6.97. The summed E-state index contributed by atoms with van der Waals surface area (Å²) in [7, 11) is 1.31. The van der Waals surface area contributed by atoms with Gasteiger partial charge in [-0.3, -0.25) is 9.59 Å². The first-order valence-corrected chi connectivity index (χ1v) is 4.90. The van der Waals surface area contributed by atoms with Gasteiger partial charge >= 0.3 is 16.5 Å². The second kappa shape index (κ2) is 7.65. The van der Waals surface area contributed by atoms with Crippen LogP contribution in [0.3, 0.4) is 0 Å². The maximum absolute atomic E-state index is 10.8. The number of benzene rings is 1. The summed E-state index contributed by atoms with van der Waals surface area (Å²) >= 11 is 8.98. The molecule has 0 radical (unpaired) electrons. The van der Waals surface area contributed by atoms with Crippen molar-refractivity contribution in [3.05, 3.63) is 29.8 Å². The third kappa shape index (κ3) is 6.55. The van der Waals surface area contributed by atoms with E-state index in [-0.39, 0.29) is 5.75 Å². The molecule has 0 atom stereocenters. The fraction of sp³-hybridized carbons (Fsp3) is 0.100. The van der Waals surface area contributed by atoms with Crippen molar-refractivity contribution in [1.29, 1.82) is 0 Å². The largest absolute Gasteiger partial charge is 0.508 e. The highest BCUT2D eigenvalue weighted by Gasteiger charge is 2.03. The lowest BCUT2D eigenvalue weighted by Gasteiger charge is -1.97. The molecule has 0 spiro atoms. The SMILES string of the molecule is COC(=O)c1ccc(O)cc1.O=C(Cl)C(=O)Cl. The molecule has 92 valence electrons. The second-order valence-corrected chi connectivity index (χ2v) is 3.27. The Hall–Kier alpha value is -1.59. The standard InChI is InChI=1S/C8H8O3.C2Cl2O2/c1-11-8(10)6-2-4-7(9)5-3-6;3-1(5)2(4)6/h2-5,9H,1H3;. The summed E-state index contributed by atoms with van der Waals surface area (Å²) in [5, 5.41) is 6.58. The number of esters is 1. The molecule has 0 saturated carbocycles. The molecule has 0 unspecified atom stereocenters. The first kappa shape index (κ1) is 15.4. The van der Waals surface area contributed by atoms with Gasteiger partial charge in [-0.15, -0.1) is 0 Å². The molecule has 7 heteroatoms. The van der Waals surface area contributed by atoms with E-state index in [2.05, 4.69) is 27.9 Å². The van der Waals surface area contributed by atoms with Gasteiger partial charge in [0.1, 0.15) is 5.75 Å². The lowest BCUT2D eigenvalue weighted by molar-refractivity contribution is -0.127. The van der Waals surface area contributed by atoms with Gasteiger partial charge in [0.15, 0.2) is 0 Å². The van der Waals surface area contributed by atoms with Crippen molar-refractivity contribution in [2.24, 2.45) is 0 Å². The molecule has 1 aromatic carbocycles. The Morgan fingerprint density at radius 1 is 1.06 bits per heavy atom. The molecule has 0 saturated heterocycles. The Morgan fingerprint density at radius 3 is 1.76 bits per heavy atom. The van der Waals surface area contributed by atoms with Gasteiger partial charge in [-0.2, -0.15) is 0 Å². The van der Waals surface area contributed by atoms with Gasteiger partial charge in [-0.25, -0.2) is 4.79 Å². The molecule has 1 N–H and O–H groups in total. The molecule has 0 heterocycles. The van der Waals surface area contributed by atoms with Crippen LogP contribution in [0.4, 0.5) is 0 Å². The van der Waals surface area contributed by atoms with Crippen LogP contribution in [0.25, 0.3) is 0 Å². The summed E-state index contributed by atoms with van der Waals surface area (Å²) in [6.07, 6.45) is 0. The summed E-state index contributed by atoms with van der Waals surface area (Å²) in [5.74, 6) is -0.261. The van der Waals surface area contributed by atoms with Crippen molar-refractivity contribution in [2.45, 2.75) is 0 Å². The van der Waals surface area contributed by atoms with Crippen LogP contribution < -0.4 is 0 Å². The number of phenolic OH excluding ortho intramolecular Hbond substituents is 1. The highest BCUT2D eigenvalue weighted by atomic mass is 35.5. The number of hydrogen-bond donors (Lipinski definition) is 1. The highest BCUT2D eigenvalue weighted by Crippen LogP contribution is 2.09. The van der Waals surface area contributed by atoms with Gasteiger partial charge in [0.05, 0.1) is 12.7 Å². The number of carbonyl (C=O) groups excluding carboxylic acids is 3. The zero-order valence-corrected chi connectivity index (χ0v) is 10.2. The Kier molecular flexibility index (Phi) is 6.93. The summed E-state index contributed by atoms with van der Waals surface area (Å²) in [5.41, 5.74) is 0.435. The van der Waals surface area contributed by atoms with Crippen LogP contribution in [0.15, 0.2) is 24.3 Å². The van der Waals surface area contributed by atoms with Crippen molar-refractivity contribution < 1.29 is 24.2 Å². The van der Waals surface area contributed by atoms with E-state index in [0.29, 0.717) is 5.56 Å². The lowest BCUT2D eigenvalue weighted by Crippen LogP contribution is -1.99.